The number of aliphatic carboxylic acids is 1. The number of hydrogen-bond acceptors (Lipinski definition) is 3. The van der Waals surface area contributed by atoms with Gasteiger partial charge in [-0.25, -0.2) is 4.79 Å². The average Bonchev–Trinajstić information content (AvgIpc) is 2.86. The van der Waals surface area contributed by atoms with Crippen LogP contribution < -0.4 is 10.6 Å². The van der Waals surface area contributed by atoms with E-state index in [-0.39, 0.29) is 24.0 Å². The van der Waals surface area contributed by atoms with Gasteiger partial charge in [-0.15, -0.1) is 0 Å². The van der Waals surface area contributed by atoms with Gasteiger partial charge < -0.3 is 20.6 Å². The molecule has 1 unspecified atom stereocenters. The van der Waals surface area contributed by atoms with Crippen LogP contribution in [-0.2, 0) is 4.79 Å². The number of carbonyl (C=O) groups excluding carboxylic acids is 1. The Morgan fingerprint density at radius 3 is 2.38 bits per heavy atom. The third kappa shape index (κ3) is 5.53. The van der Waals surface area contributed by atoms with E-state index in [1.165, 1.54) is 12.8 Å². The molecule has 6 heteroatoms. The van der Waals surface area contributed by atoms with Gasteiger partial charge in [-0.2, -0.15) is 0 Å². The molecule has 0 saturated heterocycles. The minimum atomic E-state index is -0.880. The van der Waals surface area contributed by atoms with E-state index >= 15 is 0 Å². The third-order valence-electron chi connectivity index (χ3n) is 4.45. The normalized spacial score (nSPS) is 18.5. The monoisotopic (exact) mass is 299 g/mol. The van der Waals surface area contributed by atoms with Crippen molar-refractivity contribution in [2.45, 2.75) is 63.5 Å². The first-order valence-electron chi connectivity index (χ1n) is 7.83. The van der Waals surface area contributed by atoms with Crippen molar-refractivity contribution in [1.29, 1.82) is 0 Å². The molecule has 1 atom stereocenters. The van der Waals surface area contributed by atoms with Crippen LogP contribution in [0.2, 0.25) is 0 Å². The Morgan fingerprint density at radius 2 is 1.90 bits per heavy atom. The molecule has 122 valence electrons. The van der Waals surface area contributed by atoms with Crippen molar-refractivity contribution in [1.82, 2.24) is 15.5 Å². The van der Waals surface area contributed by atoms with Crippen LogP contribution in [0.5, 0.6) is 0 Å². The number of rotatable bonds is 8. The Hall–Kier alpha value is -1.30. The van der Waals surface area contributed by atoms with Gasteiger partial charge in [-0.05, 0) is 33.4 Å². The smallest absolute Gasteiger partial charge is 0.315 e. The molecule has 0 aromatic carbocycles. The molecule has 1 saturated carbocycles. The molecular formula is C15H29N3O3. The van der Waals surface area contributed by atoms with Gasteiger partial charge in [0.25, 0.3) is 0 Å². The predicted molar refractivity (Wildman–Crippen MR) is 82.4 cm³/mol. The lowest BCUT2D eigenvalue weighted by Crippen LogP contribution is -2.53. The van der Waals surface area contributed by atoms with Crippen molar-refractivity contribution in [3.63, 3.8) is 0 Å². The van der Waals surface area contributed by atoms with Crippen LogP contribution in [0.15, 0.2) is 0 Å². The first kappa shape index (κ1) is 17.8. The summed E-state index contributed by atoms with van der Waals surface area (Å²) in [4.78, 5) is 25.0. The van der Waals surface area contributed by atoms with Crippen LogP contribution in [-0.4, -0.2) is 54.2 Å². The van der Waals surface area contributed by atoms with E-state index < -0.39 is 5.97 Å². The summed E-state index contributed by atoms with van der Waals surface area (Å²) in [6.45, 7) is 2.59. The maximum absolute atomic E-state index is 12.0. The van der Waals surface area contributed by atoms with E-state index in [2.05, 4.69) is 29.6 Å². The number of urea groups is 1. The summed E-state index contributed by atoms with van der Waals surface area (Å²) in [5.74, 6) is -0.880. The number of carbonyl (C=O) groups is 2. The van der Waals surface area contributed by atoms with E-state index in [9.17, 15) is 9.59 Å². The highest BCUT2D eigenvalue weighted by atomic mass is 16.4. The molecule has 2 amide bonds. The van der Waals surface area contributed by atoms with Crippen molar-refractivity contribution < 1.29 is 14.7 Å². The Bertz CT molecular complexity index is 352. The highest BCUT2D eigenvalue weighted by molar-refractivity contribution is 5.75. The molecule has 0 aliphatic heterocycles. The van der Waals surface area contributed by atoms with Crippen molar-refractivity contribution in [2.75, 3.05) is 20.6 Å². The molecule has 0 aromatic rings. The number of nitrogens with one attached hydrogen (secondary N) is 2. The van der Waals surface area contributed by atoms with E-state index in [0.29, 0.717) is 13.0 Å². The maximum Gasteiger partial charge on any atom is 0.315 e. The Kier molecular flexibility index (Phi) is 6.95. The fraction of sp³-hybridized carbons (Fsp3) is 0.867. The molecule has 0 aromatic heterocycles. The Balaban J connectivity index is 2.46. The summed E-state index contributed by atoms with van der Waals surface area (Å²) in [6, 6.07) is -0.561. The second-order valence-electron chi connectivity index (χ2n) is 6.24. The number of likely N-dealkylation sites (N-methyl/N-ethyl adjacent to an activating group) is 1. The second-order valence-corrected chi connectivity index (χ2v) is 6.24. The standard InChI is InChI=1S/C15H29N3O3/c1-4-7-12(10-13(19)20)17-14(21)16-11-15(18(2)3)8-5-6-9-15/h12H,4-11H2,1-3H3,(H,19,20)(H2,16,17,21). The molecule has 3 N–H and O–H groups in total. The van der Waals surface area contributed by atoms with E-state index in [0.717, 1.165) is 19.3 Å². The molecule has 1 fully saturated rings. The summed E-state index contributed by atoms with van der Waals surface area (Å²) in [5.41, 5.74) is 0.0460. The zero-order valence-electron chi connectivity index (χ0n) is 13.4. The molecular weight excluding hydrogens is 270 g/mol. The molecule has 21 heavy (non-hydrogen) atoms. The van der Waals surface area contributed by atoms with Crippen LogP contribution in [0.1, 0.15) is 51.9 Å². The van der Waals surface area contributed by atoms with Crippen LogP contribution in [0, 0.1) is 0 Å². The van der Waals surface area contributed by atoms with Crippen molar-refractivity contribution in [3.8, 4) is 0 Å². The lowest BCUT2D eigenvalue weighted by molar-refractivity contribution is -0.137. The number of amides is 2. The third-order valence-corrected chi connectivity index (χ3v) is 4.45. The van der Waals surface area contributed by atoms with E-state index in [4.69, 9.17) is 5.11 Å². The lowest BCUT2D eigenvalue weighted by Gasteiger charge is -2.36. The lowest BCUT2D eigenvalue weighted by atomic mass is 9.96. The van der Waals surface area contributed by atoms with Crippen LogP contribution in [0.25, 0.3) is 0 Å². The summed E-state index contributed by atoms with van der Waals surface area (Å²) < 4.78 is 0. The fourth-order valence-electron chi connectivity index (χ4n) is 3.08. The van der Waals surface area contributed by atoms with Gasteiger partial charge >= 0.3 is 12.0 Å². The van der Waals surface area contributed by atoms with Gasteiger partial charge in [0.2, 0.25) is 0 Å². The molecule has 0 bridgehead atoms. The average molecular weight is 299 g/mol. The summed E-state index contributed by atoms with van der Waals surface area (Å²) in [7, 11) is 4.10. The first-order valence-corrected chi connectivity index (χ1v) is 7.83. The van der Waals surface area contributed by atoms with Crippen molar-refractivity contribution in [3.05, 3.63) is 0 Å². The quantitative estimate of drug-likeness (QED) is 0.638. The number of hydrogen-bond donors (Lipinski definition) is 3. The highest BCUT2D eigenvalue weighted by Crippen LogP contribution is 2.32. The number of carboxylic acid groups (broad SMARTS) is 1. The SMILES string of the molecule is CCCC(CC(=O)O)NC(=O)NCC1(N(C)C)CCCC1. The molecule has 1 aliphatic carbocycles. The molecule has 0 spiro atoms. The number of nitrogens with zero attached hydrogens (tertiary/aromatic N) is 1. The maximum atomic E-state index is 12.0. The molecule has 0 heterocycles. The van der Waals surface area contributed by atoms with Crippen LogP contribution >= 0.6 is 0 Å². The van der Waals surface area contributed by atoms with Crippen LogP contribution in [0.3, 0.4) is 0 Å². The van der Waals surface area contributed by atoms with E-state index in [1.54, 1.807) is 0 Å². The fourth-order valence-corrected chi connectivity index (χ4v) is 3.08. The minimum Gasteiger partial charge on any atom is -0.481 e. The van der Waals surface area contributed by atoms with Gasteiger partial charge in [0.1, 0.15) is 0 Å². The second kappa shape index (κ2) is 8.22. The van der Waals surface area contributed by atoms with Crippen LogP contribution in [0.4, 0.5) is 4.79 Å². The topological polar surface area (TPSA) is 81.7 Å². The Morgan fingerprint density at radius 1 is 1.29 bits per heavy atom. The predicted octanol–water partition coefficient (Wildman–Crippen LogP) is 1.80. The van der Waals surface area contributed by atoms with Gasteiger partial charge in [-0.3, -0.25) is 4.79 Å². The van der Waals surface area contributed by atoms with Crippen molar-refractivity contribution in [2.24, 2.45) is 0 Å². The molecule has 6 nitrogen and oxygen atoms in total. The van der Waals surface area contributed by atoms with E-state index in [1.807, 2.05) is 6.92 Å². The van der Waals surface area contributed by atoms with Crippen molar-refractivity contribution >= 4 is 12.0 Å². The molecule has 1 rings (SSSR count). The highest BCUT2D eigenvalue weighted by Gasteiger charge is 2.36. The van der Waals surface area contributed by atoms with Gasteiger partial charge in [0.15, 0.2) is 0 Å². The summed E-state index contributed by atoms with van der Waals surface area (Å²) in [5, 5.41) is 14.6. The van der Waals surface area contributed by atoms with Gasteiger partial charge in [0, 0.05) is 18.1 Å². The van der Waals surface area contributed by atoms with Gasteiger partial charge in [0.05, 0.1) is 6.42 Å². The molecule has 1 aliphatic rings. The largest absolute Gasteiger partial charge is 0.481 e. The zero-order valence-corrected chi connectivity index (χ0v) is 13.4. The molecule has 0 radical (unpaired) electrons. The van der Waals surface area contributed by atoms with Gasteiger partial charge in [-0.1, -0.05) is 26.2 Å². The Labute approximate surface area is 127 Å². The minimum absolute atomic E-state index is 0.0277. The number of carboxylic acids is 1. The first-order chi connectivity index (χ1) is 9.89. The summed E-state index contributed by atoms with van der Waals surface area (Å²) in [6.07, 6.45) is 6.07. The zero-order chi connectivity index (χ0) is 15.9. The summed E-state index contributed by atoms with van der Waals surface area (Å²) >= 11 is 0.